The first-order valence-corrected chi connectivity index (χ1v) is 10.0. The zero-order chi connectivity index (χ0) is 20.6. The van der Waals surface area contributed by atoms with Crippen LogP contribution in [0, 0.1) is 0 Å². The third-order valence-corrected chi connectivity index (χ3v) is 5.16. The lowest BCUT2D eigenvalue weighted by Crippen LogP contribution is -2.35. The van der Waals surface area contributed by atoms with Crippen LogP contribution >= 0.6 is 0 Å². The molecule has 2 amide bonds. The van der Waals surface area contributed by atoms with Crippen molar-refractivity contribution in [3.8, 4) is 11.5 Å². The highest BCUT2D eigenvalue weighted by Gasteiger charge is 2.19. The van der Waals surface area contributed by atoms with Crippen LogP contribution in [0.3, 0.4) is 0 Å². The number of piperidine rings is 1. The Morgan fingerprint density at radius 1 is 0.931 bits per heavy atom. The van der Waals surface area contributed by atoms with Crippen LogP contribution in [0.1, 0.15) is 45.5 Å². The van der Waals surface area contributed by atoms with Gasteiger partial charge in [-0.3, -0.25) is 9.59 Å². The smallest absolute Gasteiger partial charge is 0.253 e. The van der Waals surface area contributed by atoms with Crippen LogP contribution in [-0.4, -0.2) is 50.6 Å². The first kappa shape index (κ1) is 20.7. The summed E-state index contributed by atoms with van der Waals surface area (Å²) >= 11 is 0. The average molecular weight is 396 g/mol. The van der Waals surface area contributed by atoms with Crippen molar-refractivity contribution in [2.45, 2.75) is 25.7 Å². The molecule has 0 radical (unpaired) electrons. The Bertz CT molecular complexity index is 860. The van der Waals surface area contributed by atoms with Gasteiger partial charge in [-0.1, -0.05) is 12.1 Å². The number of hydrogen-bond donors (Lipinski definition) is 1. The number of rotatable bonds is 7. The maximum Gasteiger partial charge on any atom is 0.253 e. The second-order valence-electron chi connectivity index (χ2n) is 7.13. The molecule has 0 spiro atoms. The van der Waals surface area contributed by atoms with E-state index in [1.165, 1.54) is 6.42 Å². The highest BCUT2D eigenvalue weighted by molar-refractivity contribution is 5.99. The maximum atomic E-state index is 12.7. The number of benzene rings is 2. The Morgan fingerprint density at radius 3 is 2.38 bits per heavy atom. The summed E-state index contributed by atoms with van der Waals surface area (Å²) in [6.45, 7) is 2.07. The summed E-state index contributed by atoms with van der Waals surface area (Å²) in [4.78, 5) is 27.1. The third-order valence-electron chi connectivity index (χ3n) is 5.16. The van der Waals surface area contributed by atoms with Gasteiger partial charge < -0.3 is 19.7 Å². The molecule has 154 valence electrons. The summed E-state index contributed by atoms with van der Waals surface area (Å²) in [6, 6.07) is 12.7. The molecular formula is C23H28N2O4. The summed E-state index contributed by atoms with van der Waals surface area (Å²) in [7, 11) is 3.20. The van der Waals surface area contributed by atoms with Crippen molar-refractivity contribution in [2.75, 3.05) is 33.9 Å². The molecule has 1 saturated heterocycles. The van der Waals surface area contributed by atoms with Gasteiger partial charge in [-0.05, 0) is 61.6 Å². The normalized spacial score (nSPS) is 13.7. The average Bonchev–Trinajstić information content (AvgIpc) is 2.79. The van der Waals surface area contributed by atoms with Gasteiger partial charge in [0, 0.05) is 30.8 Å². The molecule has 0 unspecified atom stereocenters. The van der Waals surface area contributed by atoms with E-state index in [2.05, 4.69) is 5.32 Å². The van der Waals surface area contributed by atoms with E-state index in [4.69, 9.17) is 9.47 Å². The molecule has 2 aromatic rings. The second-order valence-corrected chi connectivity index (χ2v) is 7.13. The molecule has 1 N–H and O–H groups in total. The predicted molar refractivity (Wildman–Crippen MR) is 112 cm³/mol. The number of carbonyl (C=O) groups is 2. The van der Waals surface area contributed by atoms with Gasteiger partial charge in [0.2, 0.25) is 0 Å². The van der Waals surface area contributed by atoms with Crippen molar-refractivity contribution in [3.05, 3.63) is 59.2 Å². The molecule has 2 aromatic carbocycles. The van der Waals surface area contributed by atoms with E-state index in [1.54, 1.807) is 38.5 Å². The van der Waals surface area contributed by atoms with E-state index >= 15 is 0 Å². The topological polar surface area (TPSA) is 67.9 Å². The van der Waals surface area contributed by atoms with Crippen LogP contribution in [0.15, 0.2) is 42.5 Å². The van der Waals surface area contributed by atoms with Crippen molar-refractivity contribution < 1.29 is 19.1 Å². The molecule has 0 aliphatic carbocycles. The van der Waals surface area contributed by atoms with Crippen LogP contribution in [0.2, 0.25) is 0 Å². The first-order chi connectivity index (χ1) is 14.1. The number of amides is 2. The Balaban J connectivity index is 1.57. The Labute approximate surface area is 171 Å². The fourth-order valence-electron chi connectivity index (χ4n) is 3.53. The van der Waals surface area contributed by atoms with Gasteiger partial charge in [-0.15, -0.1) is 0 Å². The largest absolute Gasteiger partial charge is 0.493 e. The molecule has 1 fully saturated rings. The Hall–Kier alpha value is -3.02. The van der Waals surface area contributed by atoms with Crippen LogP contribution in [0.25, 0.3) is 0 Å². The quantitative estimate of drug-likeness (QED) is 0.780. The van der Waals surface area contributed by atoms with Crippen molar-refractivity contribution in [1.29, 1.82) is 0 Å². The van der Waals surface area contributed by atoms with E-state index in [9.17, 15) is 9.59 Å². The van der Waals surface area contributed by atoms with Crippen LogP contribution in [0.4, 0.5) is 0 Å². The summed E-state index contributed by atoms with van der Waals surface area (Å²) in [5, 5.41) is 2.92. The predicted octanol–water partition coefficient (Wildman–Crippen LogP) is 3.30. The lowest BCUT2D eigenvalue weighted by atomic mass is 10.1. The molecule has 1 aliphatic heterocycles. The highest BCUT2D eigenvalue weighted by Crippen LogP contribution is 2.27. The lowest BCUT2D eigenvalue weighted by molar-refractivity contribution is 0.0724. The fraction of sp³-hybridized carbons (Fsp3) is 0.391. The van der Waals surface area contributed by atoms with Crippen molar-refractivity contribution in [2.24, 2.45) is 0 Å². The minimum atomic E-state index is -0.182. The minimum absolute atomic E-state index is 0.00433. The first-order valence-electron chi connectivity index (χ1n) is 10.0. The molecule has 6 heteroatoms. The number of likely N-dealkylation sites (tertiary alicyclic amines) is 1. The molecular weight excluding hydrogens is 368 g/mol. The standard InChI is InChI=1S/C23H28N2O4/c1-28-20-10-9-17(15-21(20)29-2)11-12-24-22(26)18-7-6-8-19(16-18)23(27)25-13-4-3-5-14-25/h6-10,15-16H,3-5,11-14H2,1-2H3,(H,24,26). The van der Waals surface area contributed by atoms with Crippen molar-refractivity contribution in [1.82, 2.24) is 10.2 Å². The lowest BCUT2D eigenvalue weighted by Gasteiger charge is -2.26. The molecule has 29 heavy (non-hydrogen) atoms. The van der Waals surface area contributed by atoms with Gasteiger partial charge >= 0.3 is 0 Å². The van der Waals surface area contributed by atoms with E-state index in [0.717, 1.165) is 31.5 Å². The Morgan fingerprint density at radius 2 is 1.66 bits per heavy atom. The van der Waals surface area contributed by atoms with Crippen LogP contribution < -0.4 is 14.8 Å². The molecule has 1 aliphatic rings. The summed E-state index contributed by atoms with van der Waals surface area (Å²) in [6.07, 6.45) is 3.93. The monoisotopic (exact) mass is 396 g/mol. The molecule has 0 atom stereocenters. The van der Waals surface area contributed by atoms with Crippen molar-refractivity contribution in [3.63, 3.8) is 0 Å². The summed E-state index contributed by atoms with van der Waals surface area (Å²) < 4.78 is 10.6. The summed E-state index contributed by atoms with van der Waals surface area (Å²) in [5.41, 5.74) is 2.11. The Kier molecular flexibility index (Phi) is 7.11. The number of methoxy groups -OCH3 is 2. The van der Waals surface area contributed by atoms with Crippen molar-refractivity contribution >= 4 is 11.8 Å². The van der Waals surface area contributed by atoms with Crippen LogP contribution in [-0.2, 0) is 6.42 Å². The third kappa shape index (κ3) is 5.28. The van der Waals surface area contributed by atoms with Gasteiger partial charge in [0.05, 0.1) is 14.2 Å². The fourth-order valence-corrected chi connectivity index (χ4v) is 3.53. The van der Waals surface area contributed by atoms with Crippen LogP contribution in [0.5, 0.6) is 11.5 Å². The molecule has 6 nitrogen and oxygen atoms in total. The number of hydrogen-bond acceptors (Lipinski definition) is 4. The second kappa shape index (κ2) is 9.96. The SMILES string of the molecule is COc1ccc(CCNC(=O)c2cccc(C(=O)N3CCCCC3)c2)cc1OC. The number of ether oxygens (including phenoxy) is 2. The van der Waals surface area contributed by atoms with Gasteiger partial charge in [0.15, 0.2) is 11.5 Å². The van der Waals surface area contributed by atoms with Gasteiger partial charge in [0.25, 0.3) is 11.8 Å². The number of nitrogens with one attached hydrogen (secondary N) is 1. The number of nitrogens with zero attached hydrogens (tertiary/aromatic N) is 1. The zero-order valence-corrected chi connectivity index (χ0v) is 17.1. The van der Waals surface area contributed by atoms with E-state index in [-0.39, 0.29) is 11.8 Å². The number of carbonyl (C=O) groups excluding carboxylic acids is 2. The highest BCUT2D eigenvalue weighted by atomic mass is 16.5. The molecule has 0 saturated carbocycles. The van der Waals surface area contributed by atoms with Gasteiger partial charge in [-0.25, -0.2) is 0 Å². The van der Waals surface area contributed by atoms with E-state index in [1.807, 2.05) is 23.1 Å². The van der Waals surface area contributed by atoms with Gasteiger partial charge in [0.1, 0.15) is 0 Å². The molecule has 3 rings (SSSR count). The van der Waals surface area contributed by atoms with E-state index in [0.29, 0.717) is 35.6 Å². The summed E-state index contributed by atoms with van der Waals surface area (Å²) in [5.74, 6) is 1.17. The van der Waals surface area contributed by atoms with Gasteiger partial charge in [-0.2, -0.15) is 0 Å². The minimum Gasteiger partial charge on any atom is -0.493 e. The van der Waals surface area contributed by atoms with E-state index < -0.39 is 0 Å². The molecule has 0 bridgehead atoms. The molecule has 0 aromatic heterocycles. The maximum absolute atomic E-state index is 12.7. The zero-order valence-electron chi connectivity index (χ0n) is 17.1. The molecule has 1 heterocycles.